The molecule has 1 aromatic heterocycles. The number of hydrazine groups is 1. The molecular weight excluding hydrogens is 292 g/mol. The van der Waals surface area contributed by atoms with Crippen LogP contribution in [0.1, 0.15) is 5.69 Å². The number of nitrogens with one attached hydrogen (secondary N) is 2. The Labute approximate surface area is 126 Å². The van der Waals surface area contributed by atoms with Crippen molar-refractivity contribution in [3.05, 3.63) is 29.3 Å². The molecule has 2 rings (SSSR count). The SMILES string of the molecule is COc1ccc(OC)c(Nc2nc(CC(=O)NN)cs2)c1. The van der Waals surface area contributed by atoms with Crippen molar-refractivity contribution in [2.45, 2.75) is 6.42 Å². The molecule has 2 aromatic rings. The maximum absolute atomic E-state index is 11.2. The third-order valence-electron chi connectivity index (χ3n) is 2.70. The monoisotopic (exact) mass is 308 g/mol. The van der Waals surface area contributed by atoms with Crippen molar-refractivity contribution in [3.63, 3.8) is 0 Å². The van der Waals surface area contributed by atoms with Crippen LogP contribution in [0.4, 0.5) is 10.8 Å². The maximum atomic E-state index is 11.2. The standard InChI is InChI=1S/C13H16N4O3S/c1-19-9-3-4-11(20-2)10(6-9)16-13-15-8(7-21-13)5-12(18)17-14/h3-4,6-7H,5,14H2,1-2H3,(H,15,16)(H,17,18). The molecule has 0 fully saturated rings. The van der Waals surface area contributed by atoms with Crippen molar-refractivity contribution in [1.29, 1.82) is 0 Å². The second-order valence-electron chi connectivity index (χ2n) is 4.08. The molecule has 4 N–H and O–H groups in total. The number of anilines is 2. The Morgan fingerprint density at radius 2 is 2.19 bits per heavy atom. The van der Waals surface area contributed by atoms with E-state index in [1.54, 1.807) is 25.7 Å². The summed E-state index contributed by atoms with van der Waals surface area (Å²) in [5.41, 5.74) is 3.46. The van der Waals surface area contributed by atoms with E-state index in [9.17, 15) is 4.79 Å². The number of thiazole rings is 1. The second-order valence-corrected chi connectivity index (χ2v) is 4.94. The van der Waals surface area contributed by atoms with Crippen LogP contribution in [-0.4, -0.2) is 25.1 Å². The number of ether oxygens (including phenoxy) is 2. The fraction of sp³-hybridized carbons (Fsp3) is 0.231. The Bertz CT molecular complexity index is 630. The van der Waals surface area contributed by atoms with Gasteiger partial charge >= 0.3 is 0 Å². The minimum atomic E-state index is -0.286. The Balaban J connectivity index is 2.16. The smallest absolute Gasteiger partial charge is 0.239 e. The average Bonchev–Trinajstić information content (AvgIpc) is 2.94. The first-order valence-electron chi connectivity index (χ1n) is 6.09. The molecule has 0 aliphatic heterocycles. The molecule has 1 aromatic carbocycles. The van der Waals surface area contributed by atoms with Crippen LogP contribution >= 0.6 is 11.3 Å². The van der Waals surface area contributed by atoms with Gasteiger partial charge in [-0.3, -0.25) is 10.2 Å². The van der Waals surface area contributed by atoms with Gasteiger partial charge in [0.15, 0.2) is 5.13 Å². The number of carbonyl (C=O) groups is 1. The van der Waals surface area contributed by atoms with Crippen molar-refractivity contribution in [2.24, 2.45) is 5.84 Å². The van der Waals surface area contributed by atoms with Gasteiger partial charge in [0.1, 0.15) is 11.5 Å². The lowest BCUT2D eigenvalue weighted by Gasteiger charge is -2.10. The summed E-state index contributed by atoms with van der Waals surface area (Å²) < 4.78 is 10.5. The molecule has 1 amide bonds. The largest absolute Gasteiger partial charge is 0.497 e. The first-order valence-corrected chi connectivity index (χ1v) is 6.97. The molecule has 0 aliphatic rings. The highest BCUT2D eigenvalue weighted by Crippen LogP contribution is 2.32. The maximum Gasteiger partial charge on any atom is 0.239 e. The van der Waals surface area contributed by atoms with Gasteiger partial charge in [-0.1, -0.05) is 0 Å². The van der Waals surface area contributed by atoms with Crippen LogP contribution in [0.15, 0.2) is 23.6 Å². The molecule has 21 heavy (non-hydrogen) atoms. The molecule has 112 valence electrons. The second kappa shape index (κ2) is 6.91. The van der Waals surface area contributed by atoms with Gasteiger partial charge in [-0.15, -0.1) is 11.3 Å². The summed E-state index contributed by atoms with van der Waals surface area (Å²) in [5, 5.41) is 5.60. The number of hydrogen-bond acceptors (Lipinski definition) is 7. The van der Waals surface area contributed by atoms with E-state index in [2.05, 4.69) is 15.7 Å². The molecule has 1 heterocycles. The lowest BCUT2D eigenvalue weighted by Crippen LogP contribution is -2.31. The first-order chi connectivity index (χ1) is 10.2. The van der Waals surface area contributed by atoms with E-state index in [1.165, 1.54) is 11.3 Å². The highest BCUT2D eigenvalue weighted by Gasteiger charge is 2.10. The van der Waals surface area contributed by atoms with Crippen LogP contribution in [0.25, 0.3) is 0 Å². The Morgan fingerprint density at radius 3 is 2.86 bits per heavy atom. The highest BCUT2D eigenvalue weighted by atomic mass is 32.1. The van der Waals surface area contributed by atoms with E-state index in [0.717, 1.165) is 5.69 Å². The Kier molecular flexibility index (Phi) is 4.96. The first kappa shape index (κ1) is 15.1. The molecule has 0 saturated heterocycles. The zero-order chi connectivity index (χ0) is 15.2. The fourth-order valence-corrected chi connectivity index (χ4v) is 2.41. The molecule has 0 aliphatic carbocycles. The van der Waals surface area contributed by atoms with Gasteiger partial charge in [-0.05, 0) is 12.1 Å². The van der Waals surface area contributed by atoms with E-state index in [1.807, 2.05) is 12.1 Å². The summed E-state index contributed by atoms with van der Waals surface area (Å²) in [6, 6.07) is 5.42. The van der Waals surface area contributed by atoms with Gasteiger partial charge in [0.05, 0.1) is 32.0 Å². The van der Waals surface area contributed by atoms with Crippen LogP contribution in [-0.2, 0) is 11.2 Å². The van der Waals surface area contributed by atoms with E-state index in [-0.39, 0.29) is 12.3 Å². The van der Waals surface area contributed by atoms with Gasteiger partial charge < -0.3 is 14.8 Å². The molecule has 0 saturated carbocycles. The van der Waals surface area contributed by atoms with E-state index in [4.69, 9.17) is 15.3 Å². The number of methoxy groups -OCH3 is 2. The molecule has 8 heteroatoms. The van der Waals surface area contributed by atoms with E-state index < -0.39 is 0 Å². The minimum Gasteiger partial charge on any atom is -0.497 e. The predicted octanol–water partition coefficient (Wildman–Crippen LogP) is 1.44. The zero-order valence-electron chi connectivity index (χ0n) is 11.7. The lowest BCUT2D eigenvalue weighted by molar-refractivity contribution is -0.120. The topological polar surface area (TPSA) is 98.5 Å². The number of hydrogen-bond donors (Lipinski definition) is 3. The van der Waals surface area contributed by atoms with Gasteiger partial charge in [0, 0.05) is 11.4 Å². The molecule has 0 unspecified atom stereocenters. The molecular formula is C13H16N4O3S. The Morgan fingerprint density at radius 1 is 1.38 bits per heavy atom. The predicted molar refractivity (Wildman–Crippen MR) is 81.0 cm³/mol. The summed E-state index contributed by atoms with van der Waals surface area (Å²) >= 11 is 1.39. The van der Waals surface area contributed by atoms with Crippen molar-refractivity contribution >= 4 is 28.1 Å². The van der Waals surface area contributed by atoms with E-state index in [0.29, 0.717) is 22.3 Å². The summed E-state index contributed by atoms with van der Waals surface area (Å²) in [7, 11) is 3.18. The van der Waals surface area contributed by atoms with Crippen LogP contribution < -0.4 is 26.1 Å². The van der Waals surface area contributed by atoms with Crippen molar-refractivity contribution in [1.82, 2.24) is 10.4 Å². The van der Waals surface area contributed by atoms with Gasteiger partial charge in [0.25, 0.3) is 0 Å². The third-order valence-corrected chi connectivity index (χ3v) is 3.51. The van der Waals surface area contributed by atoms with Crippen LogP contribution in [0.3, 0.4) is 0 Å². The summed E-state index contributed by atoms with van der Waals surface area (Å²) in [5.74, 6) is 6.14. The van der Waals surface area contributed by atoms with Gasteiger partial charge in [-0.2, -0.15) is 0 Å². The van der Waals surface area contributed by atoms with Crippen molar-refractivity contribution in [2.75, 3.05) is 19.5 Å². The van der Waals surface area contributed by atoms with Crippen LogP contribution in [0.5, 0.6) is 11.5 Å². The summed E-state index contributed by atoms with van der Waals surface area (Å²) in [4.78, 5) is 15.5. The number of nitrogens with two attached hydrogens (primary N) is 1. The molecule has 0 bridgehead atoms. The fourth-order valence-electron chi connectivity index (χ4n) is 1.69. The average molecular weight is 308 g/mol. The number of amides is 1. The van der Waals surface area contributed by atoms with Gasteiger partial charge in [-0.25, -0.2) is 10.8 Å². The minimum absolute atomic E-state index is 0.143. The van der Waals surface area contributed by atoms with Crippen molar-refractivity contribution < 1.29 is 14.3 Å². The van der Waals surface area contributed by atoms with Gasteiger partial charge in [0.2, 0.25) is 5.91 Å². The Hall–Kier alpha value is -2.32. The number of benzene rings is 1. The van der Waals surface area contributed by atoms with E-state index >= 15 is 0 Å². The zero-order valence-corrected chi connectivity index (χ0v) is 12.5. The number of nitrogens with zero attached hydrogens (tertiary/aromatic N) is 1. The van der Waals surface area contributed by atoms with Crippen LogP contribution in [0.2, 0.25) is 0 Å². The lowest BCUT2D eigenvalue weighted by atomic mass is 10.2. The quantitative estimate of drug-likeness (QED) is 0.424. The molecule has 7 nitrogen and oxygen atoms in total. The van der Waals surface area contributed by atoms with Crippen LogP contribution in [0, 0.1) is 0 Å². The number of aromatic nitrogens is 1. The van der Waals surface area contributed by atoms with Crippen molar-refractivity contribution in [3.8, 4) is 11.5 Å². The number of rotatable bonds is 6. The third kappa shape index (κ3) is 3.83. The molecule has 0 radical (unpaired) electrons. The normalized spacial score (nSPS) is 10.0. The summed E-state index contributed by atoms with van der Waals surface area (Å²) in [6.07, 6.45) is 0.143. The summed E-state index contributed by atoms with van der Waals surface area (Å²) in [6.45, 7) is 0. The number of carbonyl (C=O) groups excluding carboxylic acids is 1. The molecule has 0 atom stereocenters. The highest BCUT2D eigenvalue weighted by molar-refractivity contribution is 7.13. The molecule has 0 spiro atoms.